The van der Waals surface area contributed by atoms with Gasteiger partial charge in [-0.2, -0.15) is 0 Å². The van der Waals surface area contributed by atoms with Gasteiger partial charge in [-0.3, -0.25) is 0 Å². The van der Waals surface area contributed by atoms with Gasteiger partial charge in [0.25, 0.3) is 0 Å². The van der Waals surface area contributed by atoms with Crippen LogP contribution in [-0.4, -0.2) is 33.0 Å². The van der Waals surface area contributed by atoms with Gasteiger partial charge >= 0.3 is 0 Å². The lowest BCUT2D eigenvalue weighted by Gasteiger charge is -2.19. The van der Waals surface area contributed by atoms with Crippen molar-refractivity contribution in [2.75, 3.05) is 18.6 Å². The number of unbranched alkanes of at least 4 members (excludes halogenated alkanes) is 1. The lowest BCUT2D eigenvalue weighted by molar-refractivity contribution is 0.396. The standard InChI is InChI=1S/C12H27NO2S/c1-5-13-12(10-11(2)3)8-6-7-9-16(4,14)15/h11-13H,5-10H2,1-4H3. The zero-order valence-electron chi connectivity index (χ0n) is 11.1. The fourth-order valence-electron chi connectivity index (χ4n) is 1.92. The maximum atomic E-state index is 11.0. The number of rotatable bonds is 9. The average molecular weight is 249 g/mol. The summed E-state index contributed by atoms with van der Waals surface area (Å²) >= 11 is 0. The first-order valence-electron chi connectivity index (χ1n) is 6.26. The maximum Gasteiger partial charge on any atom is 0.147 e. The number of nitrogens with one attached hydrogen (secondary N) is 1. The van der Waals surface area contributed by atoms with Gasteiger partial charge in [0, 0.05) is 18.1 Å². The minimum atomic E-state index is -2.78. The summed E-state index contributed by atoms with van der Waals surface area (Å²) in [6, 6.07) is 0.546. The first kappa shape index (κ1) is 15.9. The van der Waals surface area contributed by atoms with Crippen molar-refractivity contribution in [2.24, 2.45) is 5.92 Å². The van der Waals surface area contributed by atoms with Gasteiger partial charge < -0.3 is 5.32 Å². The van der Waals surface area contributed by atoms with Crippen LogP contribution in [0.2, 0.25) is 0 Å². The van der Waals surface area contributed by atoms with Crippen LogP contribution in [0.4, 0.5) is 0 Å². The first-order chi connectivity index (χ1) is 7.35. The van der Waals surface area contributed by atoms with Crippen LogP contribution in [-0.2, 0) is 9.84 Å². The third-order valence-corrected chi connectivity index (χ3v) is 3.60. The van der Waals surface area contributed by atoms with E-state index in [1.807, 2.05) is 0 Å². The molecule has 0 aliphatic rings. The summed E-state index contributed by atoms with van der Waals surface area (Å²) in [5, 5.41) is 3.46. The third kappa shape index (κ3) is 10.4. The molecule has 0 amide bonds. The lowest BCUT2D eigenvalue weighted by Crippen LogP contribution is -2.30. The number of sulfone groups is 1. The zero-order chi connectivity index (χ0) is 12.6. The van der Waals surface area contributed by atoms with E-state index in [-0.39, 0.29) is 0 Å². The fourth-order valence-corrected chi connectivity index (χ4v) is 2.64. The monoisotopic (exact) mass is 249 g/mol. The molecule has 0 spiro atoms. The molecule has 0 bridgehead atoms. The van der Waals surface area contributed by atoms with Crippen molar-refractivity contribution in [2.45, 2.75) is 52.5 Å². The maximum absolute atomic E-state index is 11.0. The van der Waals surface area contributed by atoms with Crippen LogP contribution in [0.5, 0.6) is 0 Å². The third-order valence-electron chi connectivity index (χ3n) is 2.57. The quantitative estimate of drug-likeness (QED) is 0.637. The van der Waals surface area contributed by atoms with Gasteiger partial charge in [-0.1, -0.05) is 27.2 Å². The highest BCUT2D eigenvalue weighted by molar-refractivity contribution is 7.90. The molecule has 0 aromatic rings. The molecule has 0 aliphatic heterocycles. The summed E-state index contributed by atoms with van der Waals surface area (Å²) in [5.74, 6) is 1.02. The molecule has 0 aromatic carbocycles. The second-order valence-electron chi connectivity index (χ2n) is 5.01. The molecule has 98 valence electrons. The molecule has 0 aliphatic carbocycles. The van der Waals surface area contributed by atoms with E-state index in [0.717, 1.165) is 25.8 Å². The van der Waals surface area contributed by atoms with Gasteiger partial charge in [0.05, 0.1) is 0 Å². The Morgan fingerprint density at radius 2 is 1.81 bits per heavy atom. The van der Waals surface area contributed by atoms with E-state index < -0.39 is 9.84 Å². The average Bonchev–Trinajstić information content (AvgIpc) is 2.10. The Morgan fingerprint density at radius 3 is 2.25 bits per heavy atom. The van der Waals surface area contributed by atoms with Gasteiger partial charge in [0.1, 0.15) is 9.84 Å². The molecule has 0 saturated heterocycles. The van der Waals surface area contributed by atoms with Crippen LogP contribution < -0.4 is 5.32 Å². The van der Waals surface area contributed by atoms with E-state index in [0.29, 0.717) is 17.7 Å². The van der Waals surface area contributed by atoms with E-state index in [1.165, 1.54) is 12.7 Å². The van der Waals surface area contributed by atoms with Gasteiger partial charge in [-0.25, -0.2) is 8.42 Å². The summed E-state index contributed by atoms with van der Waals surface area (Å²) in [6.45, 7) is 7.55. The summed E-state index contributed by atoms with van der Waals surface area (Å²) in [5.41, 5.74) is 0. The second-order valence-corrected chi connectivity index (χ2v) is 7.27. The van der Waals surface area contributed by atoms with Crippen LogP contribution in [0, 0.1) is 5.92 Å². The number of hydrogen-bond acceptors (Lipinski definition) is 3. The molecule has 0 rings (SSSR count). The van der Waals surface area contributed by atoms with Gasteiger partial charge in [-0.05, 0) is 31.7 Å². The highest BCUT2D eigenvalue weighted by atomic mass is 32.2. The molecule has 1 N–H and O–H groups in total. The minimum absolute atomic E-state index is 0.327. The second kappa shape index (κ2) is 8.07. The van der Waals surface area contributed by atoms with Crippen LogP contribution in [0.25, 0.3) is 0 Å². The predicted molar refractivity (Wildman–Crippen MR) is 70.5 cm³/mol. The Labute approximate surface area is 101 Å². The molecule has 0 heterocycles. The largest absolute Gasteiger partial charge is 0.314 e. The van der Waals surface area contributed by atoms with E-state index in [9.17, 15) is 8.42 Å². The van der Waals surface area contributed by atoms with Gasteiger partial charge in [0.15, 0.2) is 0 Å². The van der Waals surface area contributed by atoms with E-state index in [4.69, 9.17) is 0 Å². The van der Waals surface area contributed by atoms with Crippen LogP contribution in [0.3, 0.4) is 0 Å². The molecule has 1 unspecified atom stereocenters. The highest BCUT2D eigenvalue weighted by Gasteiger charge is 2.10. The minimum Gasteiger partial charge on any atom is -0.314 e. The molecule has 1 atom stereocenters. The Kier molecular flexibility index (Phi) is 8.02. The summed E-state index contributed by atoms with van der Waals surface area (Å²) in [6.07, 6.45) is 5.35. The van der Waals surface area contributed by atoms with Crippen molar-refractivity contribution in [1.29, 1.82) is 0 Å². The molecule has 4 heteroatoms. The van der Waals surface area contributed by atoms with Crippen molar-refractivity contribution in [3.8, 4) is 0 Å². The highest BCUT2D eigenvalue weighted by Crippen LogP contribution is 2.11. The Morgan fingerprint density at radius 1 is 1.19 bits per heavy atom. The molecule has 0 aromatic heterocycles. The molecule has 0 fully saturated rings. The van der Waals surface area contributed by atoms with Crippen molar-refractivity contribution in [3.63, 3.8) is 0 Å². The number of hydrogen-bond donors (Lipinski definition) is 1. The molecule has 0 radical (unpaired) electrons. The zero-order valence-corrected chi connectivity index (χ0v) is 11.9. The molecule has 16 heavy (non-hydrogen) atoms. The van der Waals surface area contributed by atoms with Crippen LogP contribution >= 0.6 is 0 Å². The molecular weight excluding hydrogens is 222 g/mol. The van der Waals surface area contributed by atoms with E-state index in [2.05, 4.69) is 26.1 Å². The first-order valence-corrected chi connectivity index (χ1v) is 8.32. The normalized spacial score (nSPS) is 14.3. The topological polar surface area (TPSA) is 46.2 Å². The molecule has 3 nitrogen and oxygen atoms in total. The molecule has 0 saturated carbocycles. The van der Waals surface area contributed by atoms with Crippen LogP contribution in [0.15, 0.2) is 0 Å². The van der Waals surface area contributed by atoms with Crippen LogP contribution in [0.1, 0.15) is 46.5 Å². The van der Waals surface area contributed by atoms with Crippen molar-refractivity contribution >= 4 is 9.84 Å². The van der Waals surface area contributed by atoms with Gasteiger partial charge in [0.2, 0.25) is 0 Å². The fraction of sp³-hybridized carbons (Fsp3) is 1.00. The Balaban J connectivity index is 3.75. The summed E-state index contributed by atoms with van der Waals surface area (Å²) in [7, 11) is -2.78. The Hall–Kier alpha value is -0.0900. The predicted octanol–water partition coefficient (Wildman–Crippen LogP) is 2.23. The lowest BCUT2D eigenvalue weighted by atomic mass is 9.99. The Bertz CT molecular complexity index is 260. The van der Waals surface area contributed by atoms with Gasteiger partial charge in [-0.15, -0.1) is 0 Å². The smallest absolute Gasteiger partial charge is 0.147 e. The van der Waals surface area contributed by atoms with E-state index >= 15 is 0 Å². The van der Waals surface area contributed by atoms with Crippen molar-refractivity contribution in [1.82, 2.24) is 5.32 Å². The molecular formula is C12H27NO2S. The van der Waals surface area contributed by atoms with Crippen molar-refractivity contribution < 1.29 is 8.42 Å². The van der Waals surface area contributed by atoms with Crippen molar-refractivity contribution in [3.05, 3.63) is 0 Å². The SMILES string of the molecule is CCNC(CCCCS(C)(=O)=O)CC(C)C. The summed E-state index contributed by atoms with van der Waals surface area (Å²) < 4.78 is 21.9. The van der Waals surface area contributed by atoms with E-state index in [1.54, 1.807) is 0 Å². The summed E-state index contributed by atoms with van der Waals surface area (Å²) in [4.78, 5) is 0.